The van der Waals surface area contributed by atoms with E-state index in [2.05, 4.69) is 15.5 Å². The van der Waals surface area contributed by atoms with Crippen LogP contribution in [0.2, 0.25) is 0 Å². The van der Waals surface area contributed by atoms with Gasteiger partial charge in [-0.3, -0.25) is 14.5 Å². The normalized spacial score (nSPS) is 18.3. The Labute approximate surface area is 108 Å². The van der Waals surface area contributed by atoms with E-state index in [4.69, 9.17) is 5.11 Å². The molecule has 19 heavy (non-hydrogen) atoms. The van der Waals surface area contributed by atoms with Crippen molar-refractivity contribution in [3.63, 3.8) is 0 Å². The van der Waals surface area contributed by atoms with Crippen LogP contribution in [0.25, 0.3) is 0 Å². The Kier molecular flexibility index (Phi) is 3.61. The Morgan fingerprint density at radius 1 is 1.53 bits per heavy atom. The van der Waals surface area contributed by atoms with Crippen LogP contribution in [0.15, 0.2) is 10.9 Å². The van der Waals surface area contributed by atoms with Crippen LogP contribution < -0.4 is 15.8 Å². The second kappa shape index (κ2) is 5.19. The predicted octanol–water partition coefficient (Wildman–Crippen LogP) is -0.817. The molecule has 0 aromatic carbocycles. The molecule has 1 amide bonds. The molecule has 3 N–H and O–H groups in total. The third-order valence-electron chi connectivity index (χ3n) is 3.05. The zero-order valence-electron chi connectivity index (χ0n) is 10.3. The molecule has 1 fully saturated rings. The molecule has 0 aliphatic carbocycles. The van der Waals surface area contributed by atoms with Crippen molar-refractivity contribution in [2.24, 2.45) is 0 Å². The van der Waals surface area contributed by atoms with Crippen LogP contribution in [0, 0.1) is 0 Å². The number of aromatic amines is 1. The summed E-state index contributed by atoms with van der Waals surface area (Å²) in [4.78, 5) is 35.4. The van der Waals surface area contributed by atoms with Gasteiger partial charge in [0.2, 0.25) is 5.91 Å². The topological polar surface area (TPSA) is 115 Å². The summed E-state index contributed by atoms with van der Waals surface area (Å²) in [5, 5.41) is 17.7. The van der Waals surface area contributed by atoms with E-state index in [9.17, 15) is 14.4 Å². The van der Waals surface area contributed by atoms with Crippen molar-refractivity contribution in [2.75, 3.05) is 18.5 Å². The van der Waals surface area contributed by atoms with E-state index >= 15 is 0 Å². The number of likely N-dealkylation sites (N-methyl/N-ethyl adjacent to an activating group) is 1. The van der Waals surface area contributed by atoms with Crippen LogP contribution in [-0.4, -0.2) is 46.8 Å². The lowest BCUT2D eigenvalue weighted by molar-refractivity contribution is -0.120. The van der Waals surface area contributed by atoms with Crippen LogP contribution in [-0.2, 0) is 4.79 Å². The average molecular weight is 266 g/mol. The molecule has 0 unspecified atom stereocenters. The monoisotopic (exact) mass is 266 g/mol. The molecule has 1 aromatic rings. The number of carbonyl (C=O) groups is 2. The zero-order chi connectivity index (χ0) is 14.0. The van der Waals surface area contributed by atoms with Crippen molar-refractivity contribution in [1.82, 2.24) is 15.5 Å². The van der Waals surface area contributed by atoms with Crippen molar-refractivity contribution >= 4 is 17.7 Å². The first kappa shape index (κ1) is 13.2. The highest BCUT2D eigenvalue weighted by molar-refractivity contribution is 5.97. The summed E-state index contributed by atoms with van der Waals surface area (Å²) >= 11 is 0. The first-order valence-corrected chi connectivity index (χ1v) is 5.84. The summed E-state index contributed by atoms with van der Waals surface area (Å²) in [6.07, 6.45) is 1.65. The summed E-state index contributed by atoms with van der Waals surface area (Å²) in [7, 11) is 1.49. The fraction of sp³-hybridized carbons (Fsp3) is 0.455. The number of nitrogens with one attached hydrogen (secondary N) is 2. The van der Waals surface area contributed by atoms with Crippen LogP contribution in [0.3, 0.4) is 0 Å². The number of rotatable bonds is 3. The minimum Gasteiger partial charge on any atom is -0.477 e. The molecule has 0 spiro atoms. The SMILES string of the molecule is CN(C(=O)[C@@H]1CCCN1)c1cc(C(=O)O)c(=O)[nH]n1. The zero-order valence-corrected chi connectivity index (χ0v) is 10.3. The number of carbonyl (C=O) groups excluding carboxylic acids is 1. The minimum atomic E-state index is -1.36. The number of amides is 1. The largest absolute Gasteiger partial charge is 0.477 e. The molecule has 102 valence electrons. The molecule has 1 aliphatic heterocycles. The maximum atomic E-state index is 12.1. The molecule has 2 heterocycles. The Morgan fingerprint density at radius 3 is 2.84 bits per heavy atom. The van der Waals surface area contributed by atoms with Crippen molar-refractivity contribution in [3.05, 3.63) is 22.0 Å². The molecule has 0 saturated carbocycles. The summed E-state index contributed by atoms with van der Waals surface area (Å²) in [5.74, 6) is -1.45. The van der Waals surface area contributed by atoms with Gasteiger partial charge >= 0.3 is 5.97 Å². The molecule has 1 saturated heterocycles. The molecule has 8 nitrogen and oxygen atoms in total. The van der Waals surface area contributed by atoms with Gasteiger partial charge in [-0.25, -0.2) is 9.89 Å². The number of carboxylic acids is 1. The minimum absolute atomic E-state index is 0.107. The third kappa shape index (κ3) is 2.63. The van der Waals surface area contributed by atoms with Crippen molar-refractivity contribution in [1.29, 1.82) is 0 Å². The fourth-order valence-corrected chi connectivity index (χ4v) is 1.97. The standard InChI is InChI=1S/C11H14N4O4/c1-15(10(17)7-3-2-4-12-7)8-5-6(11(18)19)9(16)14-13-8/h5,7,12H,2-4H2,1H3,(H,14,16)(H,18,19)/t7-/m0/s1. The molecule has 0 bridgehead atoms. The first-order valence-electron chi connectivity index (χ1n) is 5.84. The number of nitrogens with zero attached hydrogens (tertiary/aromatic N) is 2. The van der Waals surface area contributed by atoms with Crippen molar-refractivity contribution < 1.29 is 14.7 Å². The molecule has 2 rings (SSSR count). The predicted molar refractivity (Wildman–Crippen MR) is 66.3 cm³/mol. The molecule has 1 aromatic heterocycles. The number of anilines is 1. The summed E-state index contributed by atoms with van der Waals surface area (Å²) in [6.45, 7) is 0.781. The van der Waals surface area contributed by atoms with Crippen LogP contribution in [0.5, 0.6) is 0 Å². The third-order valence-corrected chi connectivity index (χ3v) is 3.05. The van der Waals surface area contributed by atoms with E-state index in [1.54, 1.807) is 0 Å². The van der Waals surface area contributed by atoms with Gasteiger partial charge < -0.3 is 10.4 Å². The van der Waals surface area contributed by atoms with Gasteiger partial charge in [-0.15, -0.1) is 0 Å². The van der Waals surface area contributed by atoms with E-state index in [0.717, 1.165) is 25.5 Å². The number of aromatic nitrogens is 2. The van der Waals surface area contributed by atoms with Gasteiger partial charge in [-0.2, -0.15) is 5.10 Å². The van der Waals surface area contributed by atoms with E-state index in [-0.39, 0.29) is 17.8 Å². The number of hydrogen-bond acceptors (Lipinski definition) is 5. The van der Waals surface area contributed by atoms with Crippen molar-refractivity contribution in [2.45, 2.75) is 18.9 Å². The molecule has 1 aliphatic rings. The lowest BCUT2D eigenvalue weighted by Gasteiger charge is -2.19. The second-order valence-corrected chi connectivity index (χ2v) is 4.32. The molecule has 0 radical (unpaired) electrons. The smallest absolute Gasteiger partial charge is 0.341 e. The maximum Gasteiger partial charge on any atom is 0.341 e. The van der Waals surface area contributed by atoms with Gasteiger partial charge in [0.05, 0.1) is 6.04 Å². The van der Waals surface area contributed by atoms with Gasteiger partial charge in [-0.05, 0) is 19.4 Å². The average Bonchev–Trinajstić information content (AvgIpc) is 2.91. The summed E-state index contributed by atoms with van der Waals surface area (Å²) < 4.78 is 0. The van der Waals surface area contributed by atoms with E-state index in [0.29, 0.717) is 0 Å². The van der Waals surface area contributed by atoms with Crippen molar-refractivity contribution in [3.8, 4) is 0 Å². The molecular weight excluding hydrogens is 252 g/mol. The summed E-state index contributed by atoms with van der Waals surface area (Å²) in [6, 6.07) is 0.806. The van der Waals surface area contributed by atoms with Crippen LogP contribution in [0.4, 0.5) is 5.82 Å². The van der Waals surface area contributed by atoms with Gasteiger partial charge in [-0.1, -0.05) is 0 Å². The van der Waals surface area contributed by atoms with Gasteiger partial charge in [0.15, 0.2) is 5.82 Å². The van der Waals surface area contributed by atoms with Crippen LogP contribution in [0.1, 0.15) is 23.2 Å². The highest BCUT2D eigenvalue weighted by Crippen LogP contribution is 2.13. The Balaban J connectivity index is 2.25. The Hall–Kier alpha value is -2.22. The van der Waals surface area contributed by atoms with E-state index in [1.165, 1.54) is 11.9 Å². The molecule has 1 atom stereocenters. The number of carboxylic acid groups (broad SMARTS) is 1. The highest BCUT2D eigenvalue weighted by atomic mass is 16.4. The van der Waals surface area contributed by atoms with E-state index < -0.39 is 17.1 Å². The number of aromatic carboxylic acids is 1. The lowest BCUT2D eigenvalue weighted by Crippen LogP contribution is -2.42. The Bertz CT molecular complexity index is 562. The first-order chi connectivity index (χ1) is 9.00. The van der Waals surface area contributed by atoms with Gasteiger partial charge in [0.1, 0.15) is 5.56 Å². The quantitative estimate of drug-likeness (QED) is 0.658. The maximum absolute atomic E-state index is 12.1. The van der Waals surface area contributed by atoms with Gasteiger partial charge in [0, 0.05) is 13.1 Å². The number of H-pyrrole nitrogens is 1. The molecular formula is C11H14N4O4. The summed E-state index contributed by atoms with van der Waals surface area (Å²) in [5.41, 5.74) is -1.24. The Morgan fingerprint density at radius 2 is 2.26 bits per heavy atom. The molecule has 8 heteroatoms. The number of hydrogen-bond donors (Lipinski definition) is 3. The van der Waals surface area contributed by atoms with Crippen LogP contribution >= 0.6 is 0 Å². The second-order valence-electron chi connectivity index (χ2n) is 4.32. The fourth-order valence-electron chi connectivity index (χ4n) is 1.97. The lowest BCUT2D eigenvalue weighted by atomic mass is 10.2. The highest BCUT2D eigenvalue weighted by Gasteiger charge is 2.27. The van der Waals surface area contributed by atoms with E-state index in [1.807, 2.05) is 0 Å². The van der Waals surface area contributed by atoms with Gasteiger partial charge in [0.25, 0.3) is 5.56 Å².